The molecule has 0 fully saturated rings. The SMILES string of the molecule is CC(=O)CCCc1ccc(O[Si](c2ccccc2)(c2ccccc2)C(C)(C)C)cc1. The summed E-state index contributed by atoms with van der Waals surface area (Å²) in [5.74, 6) is 1.15. The van der Waals surface area contributed by atoms with Crippen LogP contribution >= 0.6 is 0 Å². The van der Waals surface area contributed by atoms with Gasteiger partial charge >= 0.3 is 8.32 Å². The Balaban J connectivity index is 1.99. The van der Waals surface area contributed by atoms with E-state index in [-0.39, 0.29) is 10.8 Å². The number of hydrogen-bond donors (Lipinski definition) is 0. The van der Waals surface area contributed by atoms with Crippen molar-refractivity contribution in [2.75, 3.05) is 0 Å². The summed E-state index contributed by atoms with van der Waals surface area (Å²) >= 11 is 0. The molecule has 0 aliphatic carbocycles. The molecule has 3 heteroatoms. The molecule has 0 spiro atoms. The summed E-state index contributed by atoms with van der Waals surface area (Å²) in [6.07, 6.45) is 2.45. The van der Waals surface area contributed by atoms with Gasteiger partial charge in [0.15, 0.2) is 0 Å². The third-order valence-corrected chi connectivity index (χ3v) is 10.6. The lowest BCUT2D eigenvalue weighted by atomic mass is 10.1. The van der Waals surface area contributed by atoms with Gasteiger partial charge in [0.1, 0.15) is 11.5 Å². The molecule has 0 aliphatic heterocycles. The summed E-state index contributed by atoms with van der Waals surface area (Å²) in [5.41, 5.74) is 1.24. The van der Waals surface area contributed by atoms with Gasteiger partial charge in [-0.3, -0.25) is 0 Å². The largest absolute Gasteiger partial charge is 0.534 e. The van der Waals surface area contributed by atoms with E-state index < -0.39 is 8.32 Å². The van der Waals surface area contributed by atoms with E-state index in [2.05, 4.69) is 106 Å². The first-order valence-corrected chi connectivity index (χ1v) is 12.6. The summed E-state index contributed by atoms with van der Waals surface area (Å²) in [5, 5.41) is 2.49. The third kappa shape index (κ3) is 4.90. The first kappa shape index (κ1) is 22.0. The van der Waals surface area contributed by atoms with Gasteiger partial charge in [-0.2, -0.15) is 0 Å². The van der Waals surface area contributed by atoms with Gasteiger partial charge in [-0.05, 0) is 52.9 Å². The van der Waals surface area contributed by atoms with Crippen LogP contribution in [0.15, 0.2) is 84.9 Å². The van der Waals surface area contributed by atoms with Crippen LogP contribution in [0.25, 0.3) is 0 Å². The van der Waals surface area contributed by atoms with Gasteiger partial charge in [-0.15, -0.1) is 0 Å². The fourth-order valence-electron chi connectivity index (χ4n) is 4.09. The molecule has 0 saturated heterocycles. The molecule has 0 aliphatic rings. The van der Waals surface area contributed by atoms with E-state index in [1.54, 1.807) is 6.92 Å². The Labute approximate surface area is 182 Å². The maximum absolute atomic E-state index is 11.2. The number of ketones is 1. The molecule has 0 aromatic heterocycles. The standard InChI is InChI=1S/C27H32O2Si/c1-22(28)12-11-13-23-18-20-24(21-19-23)29-30(27(2,3)4,25-14-7-5-8-15-25)26-16-9-6-10-17-26/h5-10,14-21H,11-13H2,1-4H3. The van der Waals surface area contributed by atoms with Gasteiger partial charge in [-0.25, -0.2) is 0 Å². The molecule has 0 bridgehead atoms. The second-order valence-electron chi connectivity index (χ2n) is 8.96. The van der Waals surface area contributed by atoms with Crippen LogP contribution in [0.1, 0.15) is 46.1 Å². The number of hydrogen-bond acceptors (Lipinski definition) is 2. The molecule has 3 aromatic rings. The molecule has 30 heavy (non-hydrogen) atoms. The Kier molecular flexibility index (Phi) is 6.94. The van der Waals surface area contributed by atoms with Crippen LogP contribution in [0, 0.1) is 0 Å². The first-order chi connectivity index (χ1) is 14.3. The lowest BCUT2D eigenvalue weighted by molar-refractivity contribution is -0.117. The van der Waals surface area contributed by atoms with Crippen molar-refractivity contribution in [2.45, 2.75) is 52.0 Å². The van der Waals surface area contributed by atoms with Gasteiger partial charge in [0.25, 0.3) is 0 Å². The zero-order valence-electron chi connectivity index (χ0n) is 18.5. The average Bonchev–Trinajstić information content (AvgIpc) is 2.73. The number of carbonyl (C=O) groups excluding carboxylic acids is 1. The Hall–Kier alpha value is -2.65. The molecule has 3 rings (SSSR count). The normalized spacial score (nSPS) is 11.9. The second-order valence-corrected chi connectivity index (χ2v) is 13.2. The number of rotatable bonds is 8. The fourth-order valence-corrected chi connectivity index (χ4v) is 8.51. The fraction of sp³-hybridized carbons (Fsp3) is 0.296. The van der Waals surface area contributed by atoms with E-state index >= 15 is 0 Å². The predicted octanol–water partition coefficient (Wildman–Crippen LogP) is 5.54. The van der Waals surface area contributed by atoms with Crippen molar-refractivity contribution in [1.82, 2.24) is 0 Å². The Morgan fingerprint density at radius 2 is 1.30 bits per heavy atom. The second kappa shape index (κ2) is 9.44. The van der Waals surface area contributed by atoms with Gasteiger partial charge in [0.2, 0.25) is 0 Å². The number of carbonyl (C=O) groups is 1. The quantitative estimate of drug-likeness (QED) is 0.451. The minimum atomic E-state index is -2.59. The molecule has 156 valence electrons. The molecule has 0 heterocycles. The van der Waals surface area contributed by atoms with Crippen molar-refractivity contribution < 1.29 is 9.22 Å². The summed E-state index contributed by atoms with van der Waals surface area (Å²) in [6, 6.07) is 29.8. The van der Waals surface area contributed by atoms with Crippen molar-refractivity contribution in [1.29, 1.82) is 0 Å². The lowest BCUT2D eigenvalue weighted by Gasteiger charge is -2.43. The molecule has 0 saturated carbocycles. The maximum Gasteiger partial charge on any atom is 0.319 e. The lowest BCUT2D eigenvalue weighted by Crippen LogP contribution is -2.68. The zero-order valence-corrected chi connectivity index (χ0v) is 19.5. The average molecular weight is 417 g/mol. The summed E-state index contributed by atoms with van der Waals surface area (Å²) in [4.78, 5) is 11.2. The summed E-state index contributed by atoms with van der Waals surface area (Å²) in [6.45, 7) is 8.51. The van der Waals surface area contributed by atoms with Crippen molar-refractivity contribution in [3.63, 3.8) is 0 Å². The molecule has 0 amide bonds. The molecule has 0 radical (unpaired) electrons. The minimum Gasteiger partial charge on any atom is -0.534 e. The van der Waals surface area contributed by atoms with Crippen molar-refractivity contribution in [3.05, 3.63) is 90.5 Å². The highest BCUT2D eigenvalue weighted by molar-refractivity contribution is 7.00. The molecule has 0 N–H and O–H groups in total. The van der Waals surface area contributed by atoms with E-state index in [4.69, 9.17) is 4.43 Å². The van der Waals surface area contributed by atoms with Crippen LogP contribution in [0.5, 0.6) is 5.75 Å². The molecule has 0 atom stereocenters. The van der Waals surface area contributed by atoms with Crippen molar-refractivity contribution >= 4 is 24.5 Å². The summed E-state index contributed by atoms with van der Waals surface area (Å²) in [7, 11) is -2.59. The maximum atomic E-state index is 11.2. The first-order valence-electron chi connectivity index (χ1n) is 10.7. The van der Waals surface area contributed by atoms with Crippen LogP contribution < -0.4 is 14.8 Å². The van der Waals surface area contributed by atoms with Crippen LogP contribution in [-0.4, -0.2) is 14.1 Å². The molecule has 3 aromatic carbocycles. The Morgan fingerprint density at radius 1 is 0.800 bits per heavy atom. The van der Waals surface area contributed by atoms with Gasteiger partial charge in [0, 0.05) is 6.42 Å². The molecular weight excluding hydrogens is 384 g/mol. The van der Waals surface area contributed by atoms with E-state index in [0.29, 0.717) is 6.42 Å². The minimum absolute atomic E-state index is 0.0597. The smallest absolute Gasteiger partial charge is 0.319 e. The van der Waals surface area contributed by atoms with Crippen LogP contribution in [-0.2, 0) is 11.2 Å². The third-order valence-electron chi connectivity index (χ3n) is 5.61. The molecule has 0 unspecified atom stereocenters. The zero-order chi connectivity index (χ0) is 21.6. The van der Waals surface area contributed by atoms with Crippen LogP contribution in [0.4, 0.5) is 0 Å². The predicted molar refractivity (Wildman–Crippen MR) is 128 cm³/mol. The monoisotopic (exact) mass is 416 g/mol. The van der Waals surface area contributed by atoms with Gasteiger partial charge < -0.3 is 9.22 Å². The summed E-state index contributed by atoms with van der Waals surface area (Å²) < 4.78 is 7.02. The van der Waals surface area contributed by atoms with E-state index in [0.717, 1.165) is 18.6 Å². The van der Waals surface area contributed by atoms with Gasteiger partial charge in [0.05, 0.1) is 0 Å². The topological polar surface area (TPSA) is 26.3 Å². The Morgan fingerprint density at radius 3 is 1.73 bits per heavy atom. The van der Waals surface area contributed by atoms with E-state index in [1.165, 1.54) is 15.9 Å². The van der Waals surface area contributed by atoms with Crippen LogP contribution in [0.2, 0.25) is 5.04 Å². The Bertz CT molecular complexity index is 902. The number of aryl methyl sites for hydroxylation is 1. The van der Waals surface area contributed by atoms with Crippen molar-refractivity contribution in [3.8, 4) is 5.75 Å². The van der Waals surface area contributed by atoms with Crippen LogP contribution in [0.3, 0.4) is 0 Å². The van der Waals surface area contributed by atoms with E-state index in [1.807, 2.05) is 0 Å². The highest BCUT2D eigenvalue weighted by Gasteiger charge is 2.52. The highest BCUT2D eigenvalue weighted by atomic mass is 28.4. The number of benzene rings is 3. The van der Waals surface area contributed by atoms with Crippen molar-refractivity contribution in [2.24, 2.45) is 0 Å². The molecule has 2 nitrogen and oxygen atoms in total. The van der Waals surface area contributed by atoms with Gasteiger partial charge in [-0.1, -0.05) is 93.6 Å². The highest BCUT2D eigenvalue weighted by Crippen LogP contribution is 2.37. The number of Topliss-reactive ketones (excluding diaryl/α,β-unsaturated/α-hetero) is 1. The molecular formula is C27H32O2Si. The van der Waals surface area contributed by atoms with E-state index in [9.17, 15) is 4.79 Å².